The molecule has 0 atom stereocenters. The highest BCUT2D eigenvalue weighted by Crippen LogP contribution is 2.14. The van der Waals surface area contributed by atoms with Gasteiger partial charge in [-0.2, -0.15) is 0 Å². The third-order valence-corrected chi connectivity index (χ3v) is 2.97. The molecule has 116 valence electrons. The molecule has 21 heavy (non-hydrogen) atoms. The molecule has 0 bridgehead atoms. The van der Waals surface area contributed by atoms with E-state index in [9.17, 15) is 9.59 Å². The Morgan fingerprint density at radius 1 is 1.29 bits per heavy atom. The van der Waals surface area contributed by atoms with Gasteiger partial charge in [0.2, 0.25) is 5.91 Å². The zero-order chi connectivity index (χ0) is 15.7. The number of hydrogen-bond acceptors (Lipinski definition) is 5. The van der Waals surface area contributed by atoms with Gasteiger partial charge in [0.1, 0.15) is 5.75 Å². The SMILES string of the molecule is COC(=O)CCCN(C)C(=O)CCOc1cccc(N)c1. The first-order valence-electron chi connectivity index (χ1n) is 6.82. The number of anilines is 1. The van der Waals surface area contributed by atoms with Crippen LogP contribution in [0.15, 0.2) is 24.3 Å². The van der Waals surface area contributed by atoms with E-state index in [1.54, 1.807) is 36.2 Å². The molecule has 6 nitrogen and oxygen atoms in total. The van der Waals surface area contributed by atoms with E-state index >= 15 is 0 Å². The number of nitrogen functional groups attached to an aromatic ring is 1. The van der Waals surface area contributed by atoms with Gasteiger partial charge in [-0.15, -0.1) is 0 Å². The van der Waals surface area contributed by atoms with Crippen molar-refractivity contribution in [2.75, 3.05) is 33.0 Å². The van der Waals surface area contributed by atoms with Gasteiger partial charge in [0.25, 0.3) is 0 Å². The quantitative estimate of drug-likeness (QED) is 0.579. The van der Waals surface area contributed by atoms with Crippen LogP contribution in [0.25, 0.3) is 0 Å². The number of nitrogens with two attached hydrogens (primary N) is 1. The summed E-state index contributed by atoms with van der Waals surface area (Å²) in [6.45, 7) is 0.815. The maximum absolute atomic E-state index is 11.9. The van der Waals surface area contributed by atoms with Crippen molar-refractivity contribution in [3.8, 4) is 5.75 Å². The summed E-state index contributed by atoms with van der Waals surface area (Å²) < 4.78 is 10.0. The lowest BCUT2D eigenvalue weighted by Crippen LogP contribution is -2.29. The minimum Gasteiger partial charge on any atom is -0.493 e. The Morgan fingerprint density at radius 2 is 2.05 bits per heavy atom. The van der Waals surface area contributed by atoms with Crippen LogP contribution in [0.5, 0.6) is 5.75 Å². The van der Waals surface area contributed by atoms with Gasteiger partial charge >= 0.3 is 5.97 Å². The average molecular weight is 294 g/mol. The maximum Gasteiger partial charge on any atom is 0.305 e. The molecular formula is C15H22N2O4. The fourth-order valence-corrected chi connectivity index (χ4v) is 1.74. The number of benzene rings is 1. The Balaban J connectivity index is 2.22. The molecule has 0 saturated carbocycles. The second kappa shape index (κ2) is 8.84. The van der Waals surface area contributed by atoms with E-state index < -0.39 is 0 Å². The standard InChI is InChI=1S/C15H22N2O4/c1-17(9-4-7-15(19)20-2)14(18)8-10-21-13-6-3-5-12(16)11-13/h3,5-6,11H,4,7-10,16H2,1-2H3. The van der Waals surface area contributed by atoms with Gasteiger partial charge in [-0.3, -0.25) is 9.59 Å². The summed E-state index contributed by atoms with van der Waals surface area (Å²) in [7, 11) is 3.06. The van der Waals surface area contributed by atoms with E-state index in [1.165, 1.54) is 7.11 Å². The topological polar surface area (TPSA) is 81.9 Å². The highest BCUT2D eigenvalue weighted by atomic mass is 16.5. The molecule has 1 rings (SSSR count). The van der Waals surface area contributed by atoms with E-state index in [-0.39, 0.29) is 18.3 Å². The van der Waals surface area contributed by atoms with Crippen molar-refractivity contribution in [1.29, 1.82) is 0 Å². The Bertz CT molecular complexity index is 476. The fourth-order valence-electron chi connectivity index (χ4n) is 1.74. The van der Waals surface area contributed by atoms with E-state index in [1.807, 2.05) is 0 Å². The second-order valence-electron chi connectivity index (χ2n) is 4.67. The number of carbonyl (C=O) groups excluding carboxylic acids is 2. The van der Waals surface area contributed by atoms with E-state index in [4.69, 9.17) is 10.5 Å². The summed E-state index contributed by atoms with van der Waals surface area (Å²) in [5.41, 5.74) is 6.26. The zero-order valence-electron chi connectivity index (χ0n) is 12.5. The van der Waals surface area contributed by atoms with Gasteiger partial charge in [-0.1, -0.05) is 6.07 Å². The number of esters is 1. The van der Waals surface area contributed by atoms with Crippen LogP contribution in [0.4, 0.5) is 5.69 Å². The first kappa shape index (κ1) is 16.8. The lowest BCUT2D eigenvalue weighted by atomic mass is 10.3. The zero-order valence-corrected chi connectivity index (χ0v) is 12.5. The van der Waals surface area contributed by atoms with Crippen molar-refractivity contribution in [3.05, 3.63) is 24.3 Å². The van der Waals surface area contributed by atoms with Crippen LogP contribution < -0.4 is 10.5 Å². The van der Waals surface area contributed by atoms with Gasteiger partial charge in [0.15, 0.2) is 0 Å². The predicted octanol–water partition coefficient (Wildman–Crippen LogP) is 1.45. The summed E-state index contributed by atoms with van der Waals surface area (Å²) in [4.78, 5) is 24.4. The van der Waals surface area contributed by atoms with Crippen LogP contribution in [0.2, 0.25) is 0 Å². The number of nitrogens with zero attached hydrogens (tertiary/aromatic N) is 1. The Hall–Kier alpha value is -2.24. The molecule has 0 fully saturated rings. The Labute approximate surface area is 124 Å². The summed E-state index contributed by atoms with van der Waals surface area (Å²) in [5, 5.41) is 0. The van der Waals surface area contributed by atoms with Gasteiger partial charge in [0.05, 0.1) is 20.1 Å². The van der Waals surface area contributed by atoms with Gasteiger partial charge in [-0.25, -0.2) is 0 Å². The molecule has 1 aromatic carbocycles. The number of hydrogen-bond donors (Lipinski definition) is 1. The molecule has 0 aliphatic heterocycles. The Morgan fingerprint density at radius 3 is 2.71 bits per heavy atom. The van der Waals surface area contributed by atoms with E-state index in [0.717, 1.165) is 0 Å². The van der Waals surface area contributed by atoms with E-state index in [0.29, 0.717) is 37.4 Å². The molecule has 0 unspecified atom stereocenters. The number of carbonyl (C=O) groups is 2. The van der Waals surface area contributed by atoms with E-state index in [2.05, 4.69) is 4.74 Å². The molecule has 0 aliphatic carbocycles. The summed E-state index contributed by atoms with van der Waals surface area (Å²) in [6.07, 6.45) is 1.18. The van der Waals surface area contributed by atoms with Crippen LogP contribution in [0, 0.1) is 0 Å². The smallest absolute Gasteiger partial charge is 0.305 e. The molecule has 0 heterocycles. The Kier molecular flexibility index (Phi) is 7.08. The molecule has 6 heteroatoms. The van der Waals surface area contributed by atoms with Gasteiger partial charge < -0.3 is 20.1 Å². The highest BCUT2D eigenvalue weighted by Gasteiger charge is 2.09. The summed E-state index contributed by atoms with van der Waals surface area (Å²) >= 11 is 0. The molecule has 0 saturated heterocycles. The first-order valence-corrected chi connectivity index (χ1v) is 6.82. The molecule has 0 aromatic heterocycles. The normalized spacial score (nSPS) is 10.0. The highest BCUT2D eigenvalue weighted by molar-refractivity contribution is 5.76. The molecule has 1 amide bonds. The van der Waals surface area contributed by atoms with Crippen LogP contribution in [-0.2, 0) is 14.3 Å². The molecule has 0 radical (unpaired) electrons. The average Bonchev–Trinajstić information content (AvgIpc) is 2.46. The third-order valence-electron chi connectivity index (χ3n) is 2.97. The number of rotatable bonds is 8. The number of amides is 1. The van der Waals surface area contributed by atoms with Crippen LogP contribution in [-0.4, -0.2) is 44.1 Å². The van der Waals surface area contributed by atoms with Gasteiger partial charge in [0, 0.05) is 31.8 Å². The van der Waals surface area contributed by atoms with Crippen LogP contribution in [0.3, 0.4) is 0 Å². The van der Waals surface area contributed by atoms with Crippen molar-refractivity contribution >= 4 is 17.6 Å². The van der Waals surface area contributed by atoms with Gasteiger partial charge in [-0.05, 0) is 18.6 Å². The molecule has 2 N–H and O–H groups in total. The monoisotopic (exact) mass is 294 g/mol. The number of methoxy groups -OCH3 is 1. The maximum atomic E-state index is 11.9. The second-order valence-corrected chi connectivity index (χ2v) is 4.67. The minimum absolute atomic E-state index is 0.0243. The molecule has 1 aromatic rings. The lowest BCUT2D eigenvalue weighted by molar-refractivity contribution is -0.141. The molecule has 0 aliphatic rings. The molecule has 0 spiro atoms. The fraction of sp³-hybridized carbons (Fsp3) is 0.467. The van der Waals surface area contributed by atoms with Crippen LogP contribution >= 0.6 is 0 Å². The van der Waals surface area contributed by atoms with Crippen LogP contribution in [0.1, 0.15) is 19.3 Å². The lowest BCUT2D eigenvalue weighted by Gasteiger charge is -2.17. The summed E-state index contributed by atoms with van der Waals surface area (Å²) in [5.74, 6) is 0.362. The van der Waals surface area contributed by atoms with Crippen molar-refractivity contribution in [1.82, 2.24) is 4.90 Å². The third kappa shape index (κ3) is 6.65. The van der Waals surface area contributed by atoms with Crippen molar-refractivity contribution < 1.29 is 19.1 Å². The first-order chi connectivity index (χ1) is 10.0. The van der Waals surface area contributed by atoms with Crippen molar-refractivity contribution in [2.45, 2.75) is 19.3 Å². The molecular weight excluding hydrogens is 272 g/mol. The van der Waals surface area contributed by atoms with Crippen molar-refractivity contribution in [3.63, 3.8) is 0 Å². The summed E-state index contributed by atoms with van der Waals surface area (Å²) in [6, 6.07) is 7.07. The number of ether oxygens (including phenoxy) is 2. The predicted molar refractivity (Wildman–Crippen MR) is 79.9 cm³/mol. The largest absolute Gasteiger partial charge is 0.493 e. The minimum atomic E-state index is -0.263. The van der Waals surface area contributed by atoms with Crippen molar-refractivity contribution in [2.24, 2.45) is 0 Å².